The number of nitrogens with zero attached hydrogens (tertiary/aromatic N) is 1. The Morgan fingerprint density at radius 1 is 1.40 bits per heavy atom. The molecule has 0 unspecified atom stereocenters. The van der Waals surface area contributed by atoms with Gasteiger partial charge < -0.3 is 20.4 Å². The summed E-state index contributed by atoms with van der Waals surface area (Å²) in [6, 6.07) is 3.62. The van der Waals surface area contributed by atoms with E-state index in [0.29, 0.717) is 12.5 Å². The van der Waals surface area contributed by atoms with Crippen molar-refractivity contribution < 1.29 is 9.21 Å². The average Bonchev–Trinajstić information content (AvgIpc) is 3.10. The van der Waals surface area contributed by atoms with Crippen molar-refractivity contribution in [1.82, 2.24) is 16.0 Å². The first-order valence-corrected chi connectivity index (χ1v) is 6.51. The molecule has 0 atom stereocenters. The van der Waals surface area contributed by atoms with Crippen molar-refractivity contribution in [1.29, 1.82) is 0 Å². The number of rotatable bonds is 6. The van der Waals surface area contributed by atoms with Crippen LogP contribution in [0, 0.1) is 5.92 Å². The van der Waals surface area contributed by atoms with Gasteiger partial charge in [0.25, 0.3) is 0 Å². The van der Waals surface area contributed by atoms with E-state index in [-0.39, 0.29) is 36.4 Å². The van der Waals surface area contributed by atoms with Crippen LogP contribution in [0.5, 0.6) is 0 Å². The van der Waals surface area contributed by atoms with Gasteiger partial charge in [-0.3, -0.25) is 9.79 Å². The number of aliphatic imine (C=N–C) groups is 1. The van der Waals surface area contributed by atoms with Gasteiger partial charge in [0.1, 0.15) is 5.76 Å². The molecule has 0 spiro atoms. The minimum absolute atomic E-state index is 0. The Labute approximate surface area is 135 Å². The predicted octanol–water partition coefficient (Wildman–Crippen LogP) is 1.09. The van der Waals surface area contributed by atoms with Crippen molar-refractivity contribution in [3.05, 3.63) is 24.2 Å². The van der Waals surface area contributed by atoms with Gasteiger partial charge in [-0.25, -0.2) is 0 Å². The van der Waals surface area contributed by atoms with Gasteiger partial charge >= 0.3 is 0 Å². The normalized spacial score (nSPS) is 14.3. The monoisotopic (exact) mass is 392 g/mol. The molecule has 3 N–H and O–H groups in total. The largest absolute Gasteiger partial charge is 0.467 e. The number of amides is 1. The highest BCUT2D eigenvalue weighted by molar-refractivity contribution is 14.0. The Hall–Kier alpha value is -1.25. The Balaban J connectivity index is 0.00000200. The Morgan fingerprint density at radius 2 is 2.20 bits per heavy atom. The van der Waals surface area contributed by atoms with Crippen LogP contribution in [0.25, 0.3) is 0 Å². The maximum Gasteiger partial charge on any atom is 0.239 e. The fraction of sp³-hybridized carbons (Fsp3) is 0.538. The van der Waals surface area contributed by atoms with Gasteiger partial charge in [0.2, 0.25) is 5.91 Å². The molecule has 0 bridgehead atoms. The summed E-state index contributed by atoms with van der Waals surface area (Å²) in [6.45, 7) is 1.53. The fourth-order valence-corrected chi connectivity index (χ4v) is 1.61. The molecular formula is C13H21IN4O2. The van der Waals surface area contributed by atoms with Crippen molar-refractivity contribution in [2.24, 2.45) is 10.9 Å². The van der Waals surface area contributed by atoms with Gasteiger partial charge in [0, 0.05) is 13.6 Å². The van der Waals surface area contributed by atoms with Crippen LogP contribution in [-0.4, -0.2) is 32.0 Å². The number of halogens is 1. The van der Waals surface area contributed by atoms with E-state index in [9.17, 15) is 4.79 Å². The standard InChI is InChI=1S/C13H20N4O2.HI/c1-14-13(16-7-10-4-5-10)17-9-12(18)15-8-11-3-2-6-19-11;/h2-3,6,10H,4-5,7-9H2,1H3,(H,15,18)(H2,14,16,17);1H. The van der Waals surface area contributed by atoms with Gasteiger partial charge in [-0.1, -0.05) is 0 Å². The molecule has 2 rings (SSSR count). The zero-order chi connectivity index (χ0) is 13.5. The minimum atomic E-state index is -0.0919. The SMILES string of the molecule is CN=C(NCC(=O)NCc1ccco1)NCC1CC1.I. The van der Waals surface area contributed by atoms with Crippen molar-refractivity contribution in [2.45, 2.75) is 19.4 Å². The zero-order valence-corrected chi connectivity index (χ0v) is 13.8. The Morgan fingerprint density at radius 3 is 2.80 bits per heavy atom. The highest BCUT2D eigenvalue weighted by Crippen LogP contribution is 2.27. The first-order valence-electron chi connectivity index (χ1n) is 6.51. The molecule has 7 heteroatoms. The van der Waals surface area contributed by atoms with Crippen molar-refractivity contribution in [3.63, 3.8) is 0 Å². The maximum atomic E-state index is 11.6. The summed E-state index contributed by atoms with van der Waals surface area (Å²) in [4.78, 5) is 15.7. The van der Waals surface area contributed by atoms with E-state index in [1.54, 1.807) is 19.4 Å². The predicted molar refractivity (Wildman–Crippen MR) is 88.1 cm³/mol. The van der Waals surface area contributed by atoms with Gasteiger partial charge in [-0.2, -0.15) is 0 Å². The topological polar surface area (TPSA) is 78.7 Å². The van der Waals surface area contributed by atoms with Crippen molar-refractivity contribution in [3.8, 4) is 0 Å². The van der Waals surface area contributed by atoms with Crippen LogP contribution in [0.3, 0.4) is 0 Å². The second kappa shape index (κ2) is 8.83. The van der Waals surface area contributed by atoms with Crippen LogP contribution >= 0.6 is 24.0 Å². The summed E-state index contributed by atoms with van der Waals surface area (Å²) < 4.78 is 5.13. The molecule has 1 aliphatic rings. The molecule has 0 radical (unpaired) electrons. The number of furan rings is 1. The van der Waals surface area contributed by atoms with Crippen LogP contribution in [0.4, 0.5) is 0 Å². The van der Waals surface area contributed by atoms with Crippen LogP contribution in [0.1, 0.15) is 18.6 Å². The molecule has 1 amide bonds. The number of nitrogens with one attached hydrogen (secondary N) is 3. The number of hydrogen-bond donors (Lipinski definition) is 3. The summed E-state index contributed by atoms with van der Waals surface area (Å²) in [5.41, 5.74) is 0. The van der Waals surface area contributed by atoms with E-state index in [1.807, 2.05) is 6.07 Å². The van der Waals surface area contributed by atoms with Crippen LogP contribution in [-0.2, 0) is 11.3 Å². The molecule has 1 saturated carbocycles. The third-order valence-corrected chi connectivity index (χ3v) is 2.93. The number of carbonyl (C=O) groups is 1. The van der Waals surface area contributed by atoms with Crippen molar-refractivity contribution >= 4 is 35.8 Å². The van der Waals surface area contributed by atoms with Gasteiger partial charge in [-0.05, 0) is 30.9 Å². The average molecular weight is 392 g/mol. The summed E-state index contributed by atoms with van der Waals surface area (Å²) in [6.07, 6.45) is 4.16. The highest BCUT2D eigenvalue weighted by atomic mass is 127. The zero-order valence-electron chi connectivity index (χ0n) is 11.5. The summed E-state index contributed by atoms with van der Waals surface area (Å²) in [5.74, 6) is 2.08. The van der Waals surface area contributed by atoms with Crippen molar-refractivity contribution in [2.75, 3.05) is 20.1 Å². The van der Waals surface area contributed by atoms with E-state index in [4.69, 9.17) is 4.42 Å². The van der Waals surface area contributed by atoms with Gasteiger partial charge in [0.05, 0.1) is 19.4 Å². The summed E-state index contributed by atoms with van der Waals surface area (Å²) in [5, 5.41) is 8.94. The molecular weight excluding hydrogens is 371 g/mol. The molecule has 0 aromatic carbocycles. The number of carbonyl (C=O) groups excluding carboxylic acids is 1. The fourth-order valence-electron chi connectivity index (χ4n) is 1.61. The lowest BCUT2D eigenvalue weighted by molar-refractivity contribution is -0.120. The summed E-state index contributed by atoms with van der Waals surface area (Å²) in [7, 11) is 1.70. The van der Waals surface area contributed by atoms with Crippen LogP contribution in [0.15, 0.2) is 27.8 Å². The van der Waals surface area contributed by atoms with E-state index >= 15 is 0 Å². The van der Waals surface area contributed by atoms with Gasteiger partial charge in [0.15, 0.2) is 5.96 Å². The molecule has 0 saturated heterocycles. The molecule has 1 fully saturated rings. The first-order chi connectivity index (χ1) is 9.28. The van der Waals surface area contributed by atoms with Gasteiger partial charge in [-0.15, -0.1) is 24.0 Å². The number of guanidine groups is 1. The lowest BCUT2D eigenvalue weighted by Gasteiger charge is -2.11. The molecule has 1 aliphatic carbocycles. The Kier molecular flexibility index (Phi) is 7.42. The third-order valence-electron chi connectivity index (χ3n) is 2.93. The molecule has 20 heavy (non-hydrogen) atoms. The summed E-state index contributed by atoms with van der Waals surface area (Å²) >= 11 is 0. The van der Waals surface area contributed by atoms with E-state index in [2.05, 4.69) is 20.9 Å². The van der Waals surface area contributed by atoms with Crippen LogP contribution < -0.4 is 16.0 Å². The second-order valence-electron chi connectivity index (χ2n) is 4.61. The quantitative estimate of drug-likeness (QED) is 0.385. The Bertz CT molecular complexity index is 430. The number of hydrogen-bond acceptors (Lipinski definition) is 3. The van der Waals surface area contributed by atoms with E-state index in [1.165, 1.54) is 12.8 Å². The molecule has 1 heterocycles. The molecule has 1 aromatic heterocycles. The second-order valence-corrected chi connectivity index (χ2v) is 4.61. The lowest BCUT2D eigenvalue weighted by Crippen LogP contribution is -2.43. The maximum absolute atomic E-state index is 11.6. The minimum Gasteiger partial charge on any atom is -0.467 e. The molecule has 6 nitrogen and oxygen atoms in total. The smallest absolute Gasteiger partial charge is 0.239 e. The molecule has 112 valence electrons. The van der Waals surface area contributed by atoms with E-state index < -0.39 is 0 Å². The lowest BCUT2D eigenvalue weighted by atomic mass is 10.4. The third kappa shape index (κ3) is 6.27. The molecule has 1 aromatic rings. The van der Waals surface area contributed by atoms with E-state index in [0.717, 1.165) is 18.2 Å². The van der Waals surface area contributed by atoms with Crippen LogP contribution in [0.2, 0.25) is 0 Å². The highest BCUT2D eigenvalue weighted by Gasteiger charge is 2.21. The molecule has 0 aliphatic heterocycles. The first kappa shape index (κ1) is 16.8.